The van der Waals surface area contributed by atoms with Crippen molar-refractivity contribution in [3.8, 4) is 11.5 Å². The van der Waals surface area contributed by atoms with Crippen LogP contribution in [0.5, 0.6) is 11.5 Å². The summed E-state index contributed by atoms with van der Waals surface area (Å²) in [6.07, 6.45) is 1.82. The maximum Gasteiger partial charge on any atom is 0.341 e. The van der Waals surface area contributed by atoms with Crippen LogP contribution in [-0.4, -0.2) is 17.6 Å². The number of halogens is 1. The van der Waals surface area contributed by atoms with Crippen molar-refractivity contribution in [1.29, 1.82) is 0 Å². The second kappa shape index (κ2) is 5.89. The van der Waals surface area contributed by atoms with Gasteiger partial charge in [-0.15, -0.1) is 0 Å². The van der Waals surface area contributed by atoms with Crippen LogP contribution in [0.1, 0.15) is 17.3 Å². The van der Waals surface area contributed by atoms with Gasteiger partial charge in [-0.2, -0.15) is 0 Å². The number of H-pyrrole nitrogens is 1. The number of ether oxygens (including phenoxy) is 2. The Bertz CT molecular complexity index is 826. The highest BCUT2D eigenvalue weighted by atomic mass is 19.1. The number of aromatic nitrogens is 1. The van der Waals surface area contributed by atoms with Gasteiger partial charge < -0.3 is 14.5 Å². The van der Waals surface area contributed by atoms with Gasteiger partial charge in [-0.3, -0.25) is 0 Å². The van der Waals surface area contributed by atoms with Crippen molar-refractivity contribution in [1.82, 2.24) is 4.98 Å². The molecule has 0 bridgehead atoms. The van der Waals surface area contributed by atoms with E-state index in [1.807, 2.05) is 24.4 Å². The molecule has 3 rings (SSSR count). The molecule has 22 heavy (non-hydrogen) atoms. The summed E-state index contributed by atoms with van der Waals surface area (Å²) >= 11 is 0. The van der Waals surface area contributed by atoms with Crippen LogP contribution in [0.25, 0.3) is 10.9 Å². The van der Waals surface area contributed by atoms with E-state index in [9.17, 15) is 9.18 Å². The van der Waals surface area contributed by atoms with Gasteiger partial charge >= 0.3 is 5.97 Å². The molecule has 0 aliphatic carbocycles. The fourth-order valence-corrected chi connectivity index (χ4v) is 2.18. The Morgan fingerprint density at radius 2 is 2.05 bits per heavy atom. The fraction of sp³-hybridized carbons (Fsp3) is 0.118. The third-order valence-corrected chi connectivity index (χ3v) is 3.19. The van der Waals surface area contributed by atoms with Crippen molar-refractivity contribution < 1.29 is 18.7 Å². The van der Waals surface area contributed by atoms with E-state index in [1.165, 1.54) is 18.2 Å². The number of aromatic amines is 1. The third-order valence-electron chi connectivity index (χ3n) is 3.19. The Labute approximate surface area is 126 Å². The summed E-state index contributed by atoms with van der Waals surface area (Å²) in [6.45, 7) is 1.95. The highest BCUT2D eigenvalue weighted by Gasteiger charge is 2.15. The molecule has 0 fully saturated rings. The number of carbonyl (C=O) groups excluding carboxylic acids is 1. The van der Waals surface area contributed by atoms with E-state index in [-0.39, 0.29) is 17.9 Å². The zero-order valence-corrected chi connectivity index (χ0v) is 11.9. The van der Waals surface area contributed by atoms with Crippen LogP contribution in [0.2, 0.25) is 0 Å². The van der Waals surface area contributed by atoms with E-state index in [2.05, 4.69) is 4.98 Å². The number of benzene rings is 2. The standard InChI is InChI=1S/C17H14FNO3/c1-2-21-17(20)14-5-3-12(18)10-16(14)22-13-4-6-15-11(9-13)7-8-19-15/h3-10,19H,2H2,1H3. The molecular formula is C17H14FNO3. The lowest BCUT2D eigenvalue weighted by atomic mass is 10.2. The number of hydrogen-bond donors (Lipinski definition) is 1. The molecule has 0 aliphatic heterocycles. The molecule has 0 spiro atoms. The molecule has 0 atom stereocenters. The minimum atomic E-state index is -0.541. The topological polar surface area (TPSA) is 51.3 Å². The average Bonchev–Trinajstić information content (AvgIpc) is 2.95. The number of nitrogens with one attached hydrogen (secondary N) is 1. The molecule has 1 heterocycles. The number of esters is 1. The monoisotopic (exact) mass is 299 g/mol. The molecule has 112 valence electrons. The van der Waals surface area contributed by atoms with E-state index in [1.54, 1.807) is 13.0 Å². The van der Waals surface area contributed by atoms with Gasteiger partial charge in [0.05, 0.1) is 6.61 Å². The summed E-state index contributed by atoms with van der Waals surface area (Å²) in [7, 11) is 0. The number of fused-ring (bicyclic) bond motifs is 1. The zero-order valence-electron chi connectivity index (χ0n) is 11.9. The minimum Gasteiger partial charge on any atom is -0.462 e. The molecule has 2 aromatic carbocycles. The predicted octanol–water partition coefficient (Wildman–Crippen LogP) is 4.28. The minimum absolute atomic E-state index is 0.133. The molecule has 0 amide bonds. The van der Waals surface area contributed by atoms with Crippen molar-refractivity contribution in [2.24, 2.45) is 0 Å². The van der Waals surface area contributed by atoms with Gasteiger partial charge in [0.15, 0.2) is 0 Å². The Morgan fingerprint density at radius 3 is 2.86 bits per heavy atom. The zero-order chi connectivity index (χ0) is 15.5. The van der Waals surface area contributed by atoms with Crippen molar-refractivity contribution >= 4 is 16.9 Å². The molecule has 0 saturated carbocycles. The first-order valence-corrected chi connectivity index (χ1v) is 6.89. The molecule has 0 aliphatic rings. The molecular weight excluding hydrogens is 285 g/mol. The van der Waals surface area contributed by atoms with E-state index in [0.29, 0.717) is 5.75 Å². The van der Waals surface area contributed by atoms with Gasteiger partial charge in [-0.05, 0) is 43.3 Å². The van der Waals surface area contributed by atoms with E-state index in [4.69, 9.17) is 9.47 Å². The molecule has 0 radical (unpaired) electrons. The van der Waals surface area contributed by atoms with Crippen molar-refractivity contribution in [3.63, 3.8) is 0 Å². The third kappa shape index (κ3) is 2.79. The molecule has 3 aromatic rings. The summed E-state index contributed by atoms with van der Waals surface area (Å²) in [4.78, 5) is 15.0. The number of rotatable bonds is 4. The lowest BCUT2D eigenvalue weighted by molar-refractivity contribution is 0.0523. The fourth-order valence-electron chi connectivity index (χ4n) is 2.18. The Hall–Kier alpha value is -2.82. The lowest BCUT2D eigenvalue weighted by Gasteiger charge is -2.11. The van der Waals surface area contributed by atoms with Crippen LogP contribution >= 0.6 is 0 Å². The Kier molecular flexibility index (Phi) is 3.78. The SMILES string of the molecule is CCOC(=O)c1ccc(F)cc1Oc1ccc2[nH]ccc2c1. The number of carbonyl (C=O) groups is 1. The van der Waals surface area contributed by atoms with Crippen LogP contribution in [-0.2, 0) is 4.74 Å². The average molecular weight is 299 g/mol. The second-order valence-electron chi connectivity index (χ2n) is 4.69. The predicted molar refractivity (Wildman–Crippen MR) is 80.7 cm³/mol. The van der Waals surface area contributed by atoms with Gasteiger partial charge in [-0.25, -0.2) is 9.18 Å². The molecule has 1 N–H and O–H groups in total. The first-order chi connectivity index (χ1) is 10.7. The van der Waals surface area contributed by atoms with Gasteiger partial charge in [0.2, 0.25) is 0 Å². The normalized spacial score (nSPS) is 10.6. The summed E-state index contributed by atoms with van der Waals surface area (Å²) in [5.74, 6) is -0.373. The van der Waals surface area contributed by atoms with Gasteiger partial charge in [-0.1, -0.05) is 0 Å². The Morgan fingerprint density at radius 1 is 1.18 bits per heavy atom. The van der Waals surface area contributed by atoms with Crippen LogP contribution in [0.3, 0.4) is 0 Å². The highest BCUT2D eigenvalue weighted by molar-refractivity contribution is 5.92. The molecule has 0 unspecified atom stereocenters. The van der Waals surface area contributed by atoms with Crippen molar-refractivity contribution in [3.05, 3.63) is 60.0 Å². The molecule has 0 saturated heterocycles. The van der Waals surface area contributed by atoms with Crippen LogP contribution in [0.4, 0.5) is 4.39 Å². The van der Waals surface area contributed by atoms with Gasteiger partial charge in [0, 0.05) is 23.2 Å². The molecule has 4 nitrogen and oxygen atoms in total. The summed E-state index contributed by atoms with van der Waals surface area (Å²) in [6, 6.07) is 11.1. The van der Waals surface area contributed by atoms with Crippen molar-refractivity contribution in [2.75, 3.05) is 6.61 Å². The van der Waals surface area contributed by atoms with E-state index < -0.39 is 11.8 Å². The molecule has 5 heteroatoms. The van der Waals surface area contributed by atoms with Gasteiger partial charge in [0.25, 0.3) is 0 Å². The van der Waals surface area contributed by atoms with E-state index >= 15 is 0 Å². The lowest BCUT2D eigenvalue weighted by Crippen LogP contribution is -2.06. The first kappa shape index (κ1) is 14.1. The highest BCUT2D eigenvalue weighted by Crippen LogP contribution is 2.29. The smallest absolute Gasteiger partial charge is 0.341 e. The largest absolute Gasteiger partial charge is 0.462 e. The van der Waals surface area contributed by atoms with E-state index in [0.717, 1.165) is 10.9 Å². The molecule has 1 aromatic heterocycles. The maximum absolute atomic E-state index is 13.5. The second-order valence-corrected chi connectivity index (χ2v) is 4.69. The summed E-state index contributed by atoms with van der Waals surface area (Å²) < 4.78 is 24.1. The first-order valence-electron chi connectivity index (χ1n) is 6.89. The van der Waals surface area contributed by atoms with Gasteiger partial charge in [0.1, 0.15) is 22.9 Å². The van der Waals surface area contributed by atoms with Crippen LogP contribution in [0, 0.1) is 5.82 Å². The van der Waals surface area contributed by atoms with Crippen LogP contribution in [0.15, 0.2) is 48.7 Å². The summed E-state index contributed by atoms with van der Waals surface area (Å²) in [5, 5.41) is 0.964. The summed E-state index contributed by atoms with van der Waals surface area (Å²) in [5.41, 5.74) is 1.16. The quantitative estimate of drug-likeness (QED) is 0.732. The number of hydrogen-bond acceptors (Lipinski definition) is 3. The van der Waals surface area contributed by atoms with Crippen molar-refractivity contribution in [2.45, 2.75) is 6.92 Å². The van der Waals surface area contributed by atoms with Crippen LogP contribution < -0.4 is 4.74 Å². The Balaban J connectivity index is 1.96. The maximum atomic E-state index is 13.5.